The van der Waals surface area contributed by atoms with Crippen LogP contribution in [0.25, 0.3) is 0 Å². The van der Waals surface area contributed by atoms with E-state index >= 15 is 0 Å². The number of nitrogen functional groups attached to an aromatic ring is 1. The normalized spacial score (nSPS) is 18.8. The Hall–Kier alpha value is -1.30. The number of rotatable bonds is 5. The third-order valence-corrected chi connectivity index (χ3v) is 3.11. The first-order valence-corrected chi connectivity index (χ1v) is 6.70. The van der Waals surface area contributed by atoms with Gasteiger partial charge in [-0.3, -0.25) is 4.90 Å². The van der Waals surface area contributed by atoms with Gasteiger partial charge in [0.15, 0.2) is 0 Å². The Morgan fingerprint density at radius 2 is 2.05 bits per heavy atom. The third kappa shape index (κ3) is 5.06. The number of anilines is 1. The highest BCUT2D eigenvalue weighted by molar-refractivity contribution is 5.41. The highest BCUT2D eigenvalue weighted by Gasteiger charge is 2.14. The summed E-state index contributed by atoms with van der Waals surface area (Å²) in [6.07, 6.45) is 0.529. The highest BCUT2D eigenvalue weighted by Crippen LogP contribution is 2.13. The standard InChI is InChI=1S/C14H22N2O3/c15-12-2-4-14(5-3-12)19-11-13(17)10-16-6-1-8-18-9-7-16/h2-5,13,17H,1,6-11,15H2. The summed E-state index contributed by atoms with van der Waals surface area (Å²) < 4.78 is 10.9. The maximum absolute atomic E-state index is 9.98. The topological polar surface area (TPSA) is 68.0 Å². The molecule has 0 aromatic heterocycles. The molecule has 5 nitrogen and oxygen atoms in total. The molecule has 0 spiro atoms. The van der Waals surface area contributed by atoms with Crippen molar-refractivity contribution in [3.63, 3.8) is 0 Å². The van der Waals surface area contributed by atoms with Crippen molar-refractivity contribution in [2.45, 2.75) is 12.5 Å². The molecule has 1 fully saturated rings. The van der Waals surface area contributed by atoms with Crippen molar-refractivity contribution in [2.24, 2.45) is 0 Å². The minimum Gasteiger partial charge on any atom is -0.491 e. The Kier molecular flexibility index (Phi) is 5.44. The fraction of sp³-hybridized carbons (Fsp3) is 0.571. The molecule has 0 radical (unpaired) electrons. The van der Waals surface area contributed by atoms with Crippen molar-refractivity contribution in [3.8, 4) is 5.75 Å². The molecule has 1 aliphatic heterocycles. The summed E-state index contributed by atoms with van der Waals surface area (Å²) in [5, 5.41) is 9.98. The van der Waals surface area contributed by atoms with Gasteiger partial charge in [0.25, 0.3) is 0 Å². The number of hydrogen-bond acceptors (Lipinski definition) is 5. The molecule has 1 unspecified atom stereocenters. The molecule has 1 aromatic rings. The van der Waals surface area contributed by atoms with Gasteiger partial charge in [0.05, 0.1) is 6.61 Å². The van der Waals surface area contributed by atoms with Crippen LogP contribution in [0.3, 0.4) is 0 Å². The molecular formula is C14H22N2O3. The van der Waals surface area contributed by atoms with Gasteiger partial charge in [-0.1, -0.05) is 0 Å². The lowest BCUT2D eigenvalue weighted by molar-refractivity contribution is 0.0658. The fourth-order valence-electron chi connectivity index (χ4n) is 2.09. The molecule has 0 amide bonds. The van der Waals surface area contributed by atoms with E-state index in [1.807, 2.05) is 12.1 Å². The van der Waals surface area contributed by atoms with E-state index in [-0.39, 0.29) is 0 Å². The van der Waals surface area contributed by atoms with Gasteiger partial charge in [-0.25, -0.2) is 0 Å². The molecule has 19 heavy (non-hydrogen) atoms. The second-order valence-corrected chi connectivity index (χ2v) is 4.80. The van der Waals surface area contributed by atoms with Crippen LogP contribution < -0.4 is 10.5 Å². The summed E-state index contributed by atoms with van der Waals surface area (Å²) >= 11 is 0. The van der Waals surface area contributed by atoms with E-state index in [2.05, 4.69) is 4.90 Å². The van der Waals surface area contributed by atoms with Crippen molar-refractivity contribution >= 4 is 5.69 Å². The predicted molar refractivity (Wildman–Crippen MR) is 74.2 cm³/mol. The number of aliphatic hydroxyl groups is 1. The van der Waals surface area contributed by atoms with Gasteiger partial charge in [0.2, 0.25) is 0 Å². The number of benzene rings is 1. The zero-order valence-corrected chi connectivity index (χ0v) is 11.1. The number of ether oxygens (including phenoxy) is 2. The van der Waals surface area contributed by atoms with Crippen LogP contribution >= 0.6 is 0 Å². The van der Waals surface area contributed by atoms with Gasteiger partial charge in [0, 0.05) is 31.9 Å². The minimum absolute atomic E-state index is 0.293. The second-order valence-electron chi connectivity index (χ2n) is 4.80. The summed E-state index contributed by atoms with van der Waals surface area (Å²) in [6, 6.07) is 7.19. The second kappa shape index (κ2) is 7.33. The van der Waals surface area contributed by atoms with Gasteiger partial charge >= 0.3 is 0 Å². The maximum Gasteiger partial charge on any atom is 0.119 e. The predicted octanol–water partition coefficient (Wildman–Crippen LogP) is 0.731. The van der Waals surface area contributed by atoms with E-state index in [0.29, 0.717) is 18.8 Å². The molecule has 5 heteroatoms. The van der Waals surface area contributed by atoms with Crippen molar-refractivity contribution in [3.05, 3.63) is 24.3 Å². The Balaban J connectivity index is 1.71. The lowest BCUT2D eigenvalue weighted by Gasteiger charge is -2.22. The van der Waals surface area contributed by atoms with E-state index in [9.17, 15) is 5.11 Å². The SMILES string of the molecule is Nc1ccc(OCC(O)CN2CCCOCC2)cc1. The molecule has 1 aliphatic rings. The maximum atomic E-state index is 9.98. The lowest BCUT2D eigenvalue weighted by Crippen LogP contribution is -2.37. The Morgan fingerprint density at radius 3 is 2.84 bits per heavy atom. The van der Waals surface area contributed by atoms with Gasteiger partial charge in [-0.2, -0.15) is 0 Å². The minimum atomic E-state index is -0.490. The molecular weight excluding hydrogens is 244 g/mol. The zero-order chi connectivity index (χ0) is 13.5. The summed E-state index contributed by atoms with van der Waals surface area (Å²) in [6.45, 7) is 4.32. The van der Waals surface area contributed by atoms with Gasteiger partial charge in [0.1, 0.15) is 18.5 Å². The number of nitrogens with zero attached hydrogens (tertiary/aromatic N) is 1. The van der Waals surface area contributed by atoms with Crippen LogP contribution in [0.15, 0.2) is 24.3 Å². The molecule has 1 aromatic carbocycles. The van der Waals surface area contributed by atoms with E-state index in [4.69, 9.17) is 15.2 Å². The van der Waals surface area contributed by atoms with E-state index < -0.39 is 6.10 Å². The number of β-amino-alcohol motifs (C(OH)–C–C–N with tert-alkyl or cyclic N) is 1. The molecule has 106 valence electrons. The highest BCUT2D eigenvalue weighted by atomic mass is 16.5. The molecule has 0 aliphatic carbocycles. The smallest absolute Gasteiger partial charge is 0.119 e. The average Bonchev–Trinajstić information content (AvgIpc) is 2.67. The summed E-state index contributed by atoms with van der Waals surface area (Å²) in [4.78, 5) is 2.21. The number of hydrogen-bond donors (Lipinski definition) is 2. The van der Waals surface area contributed by atoms with E-state index in [1.54, 1.807) is 12.1 Å². The molecule has 0 bridgehead atoms. The quantitative estimate of drug-likeness (QED) is 0.769. The van der Waals surface area contributed by atoms with Crippen LogP contribution in [0.1, 0.15) is 6.42 Å². The largest absolute Gasteiger partial charge is 0.491 e. The first-order chi connectivity index (χ1) is 9.24. The van der Waals surface area contributed by atoms with Crippen LogP contribution in [0, 0.1) is 0 Å². The molecule has 1 atom stereocenters. The summed E-state index contributed by atoms with van der Waals surface area (Å²) in [7, 11) is 0. The number of nitrogens with two attached hydrogens (primary N) is 1. The zero-order valence-electron chi connectivity index (χ0n) is 11.1. The van der Waals surface area contributed by atoms with Crippen molar-refractivity contribution in [1.82, 2.24) is 4.90 Å². The van der Waals surface area contributed by atoms with Gasteiger partial charge < -0.3 is 20.3 Å². The fourth-order valence-corrected chi connectivity index (χ4v) is 2.09. The van der Waals surface area contributed by atoms with Crippen LogP contribution in [0.4, 0.5) is 5.69 Å². The van der Waals surface area contributed by atoms with Crippen LogP contribution in [-0.4, -0.2) is 55.6 Å². The third-order valence-electron chi connectivity index (χ3n) is 3.11. The van der Waals surface area contributed by atoms with Gasteiger partial charge in [-0.05, 0) is 30.7 Å². The van der Waals surface area contributed by atoms with Crippen molar-refractivity contribution < 1.29 is 14.6 Å². The van der Waals surface area contributed by atoms with Crippen LogP contribution in [0.5, 0.6) is 5.75 Å². The first-order valence-electron chi connectivity index (χ1n) is 6.70. The molecule has 0 saturated carbocycles. The molecule has 1 saturated heterocycles. The van der Waals surface area contributed by atoms with Crippen LogP contribution in [-0.2, 0) is 4.74 Å². The Morgan fingerprint density at radius 1 is 1.26 bits per heavy atom. The average molecular weight is 266 g/mol. The first kappa shape index (κ1) is 14.1. The molecule has 3 N–H and O–H groups in total. The van der Waals surface area contributed by atoms with Crippen molar-refractivity contribution in [2.75, 3.05) is 45.2 Å². The van der Waals surface area contributed by atoms with Gasteiger partial charge in [-0.15, -0.1) is 0 Å². The monoisotopic (exact) mass is 266 g/mol. The number of aliphatic hydroxyl groups excluding tert-OH is 1. The summed E-state index contributed by atoms with van der Waals surface area (Å²) in [5.74, 6) is 0.729. The molecule has 1 heterocycles. The lowest BCUT2D eigenvalue weighted by atomic mass is 10.3. The summed E-state index contributed by atoms with van der Waals surface area (Å²) in [5.41, 5.74) is 6.30. The molecule has 2 rings (SSSR count). The Labute approximate surface area is 113 Å². The van der Waals surface area contributed by atoms with Crippen molar-refractivity contribution in [1.29, 1.82) is 0 Å². The van der Waals surface area contributed by atoms with Crippen LogP contribution in [0.2, 0.25) is 0 Å². The van der Waals surface area contributed by atoms with E-state index in [1.165, 1.54) is 0 Å². The Bertz CT molecular complexity index is 361. The van der Waals surface area contributed by atoms with E-state index in [0.717, 1.165) is 38.5 Å².